The van der Waals surface area contributed by atoms with Crippen LogP contribution in [-0.2, 0) is 14.6 Å². The number of carboxylic acids is 1. The molecule has 0 heterocycles. The van der Waals surface area contributed by atoms with E-state index in [4.69, 9.17) is 5.11 Å². The first-order valence-corrected chi connectivity index (χ1v) is 7.36. The van der Waals surface area contributed by atoms with Crippen LogP contribution in [0.25, 0.3) is 0 Å². The lowest BCUT2D eigenvalue weighted by atomic mass is 10.1. The minimum atomic E-state index is -3.43. The molecule has 0 radical (unpaired) electrons. The molecule has 1 rings (SSSR count). The van der Waals surface area contributed by atoms with Crippen LogP contribution in [0.5, 0.6) is 0 Å². The Hall–Kier alpha value is -1.89. The van der Waals surface area contributed by atoms with Crippen LogP contribution < -0.4 is 5.32 Å². The van der Waals surface area contributed by atoms with E-state index in [0.717, 1.165) is 6.26 Å². The fraction of sp³-hybridized carbons (Fsp3) is 0.333. The van der Waals surface area contributed by atoms with E-state index >= 15 is 0 Å². The van der Waals surface area contributed by atoms with Crippen LogP contribution in [0.3, 0.4) is 0 Å². The van der Waals surface area contributed by atoms with Crippen molar-refractivity contribution in [1.29, 1.82) is 0 Å². The van der Waals surface area contributed by atoms with Crippen molar-refractivity contribution in [2.24, 2.45) is 0 Å². The Balaban J connectivity index is 3.10. The molecule has 0 aromatic heterocycles. The number of aryl methyl sites for hydroxylation is 1. The van der Waals surface area contributed by atoms with Crippen molar-refractivity contribution in [3.05, 3.63) is 29.3 Å². The number of rotatable bonds is 4. The van der Waals surface area contributed by atoms with Gasteiger partial charge in [-0.1, -0.05) is 6.07 Å². The van der Waals surface area contributed by atoms with Crippen molar-refractivity contribution in [1.82, 2.24) is 5.32 Å². The molecule has 7 heteroatoms. The maximum Gasteiger partial charge on any atom is 0.325 e. The quantitative estimate of drug-likeness (QED) is 0.843. The Morgan fingerprint density at radius 3 is 2.37 bits per heavy atom. The summed E-state index contributed by atoms with van der Waals surface area (Å²) in [5, 5.41) is 11.0. The van der Waals surface area contributed by atoms with Crippen molar-refractivity contribution in [2.75, 3.05) is 6.26 Å². The molecular formula is C12H15NO5S. The van der Waals surface area contributed by atoms with Crippen LogP contribution >= 0.6 is 0 Å². The van der Waals surface area contributed by atoms with Gasteiger partial charge in [-0.05, 0) is 31.5 Å². The Kier molecular flexibility index (Phi) is 4.31. The standard InChI is InChI=1S/C12H15NO5S/c1-7-4-5-9(6-10(7)19(3,17)18)11(14)13-8(2)12(15)16/h4-6,8H,1-3H3,(H,13,14)(H,15,16). The molecule has 1 aromatic rings. The number of sulfone groups is 1. The summed E-state index contributed by atoms with van der Waals surface area (Å²) in [7, 11) is -3.43. The summed E-state index contributed by atoms with van der Waals surface area (Å²) in [6, 6.07) is 3.16. The van der Waals surface area contributed by atoms with E-state index in [1.807, 2.05) is 0 Å². The van der Waals surface area contributed by atoms with E-state index < -0.39 is 27.8 Å². The normalized spacial score (nSPS) is 12.8. The first-order valence-electron chi connectivity index (χ1n) is 5.47. The van der Waals surface area contributed by atoms with Gasteiger partial charge in [0.05, 0.1) is 4.90 Å². The van der Waals surface area contributed by atoms with Crippen LogP contribution in [0.1, 0.15) is 22.8 Å². The summed E-state index contributed by atoms with van der Waals surface area (Å²) in [6.07, 6.45) is 1.05. The fourth-order valence-corrected chi connectivity index (χ4v) is 2.48. The lowest BCUT2D eigenvalue weighted by molar-refractivity contribution is -0.138. The summed E-state index contributed by atoms with van der Waals surface area (Å²) in [6.45, 7) is 2.95. The highest BCUT2D eigenvalue weighted by atomic mass is 32.2. The minimum Gasteiger partial charge on any atom is -0.480 e. The van der Waals surface area contributed by atoms with Gasteiger partial charge in [-0.25, -0.2) is 8.42 Å². The van der Waals surface area contributed by atoms with Crippen molar-refractivity contribution in [2.45, 2.75) is 24.8 Å². The summed E-state index contributed by atoms with van der Waals surface area (Å²) >= 11 is 0. The van der Waals surface area contributed by atoms with E-state index in [-0.39, 0.29) is 10.5 Å². The number of aliphatic carboxylic acids is 1. The van der Waals surface area contributed by atoms with E-state index in [0.29, 0.717) is 5.56 Å². The molecule has 2 N–H and O–H groups in total. The first kappa shape index (κ1) is 15.2. The van der Waals surface area contributed by atoms with E-state index in [2.05, 4.69) is 5.32 Å². The number of hydrogen-bond acceptors (Lipinski definition) is 4. The zero-order valence-electron chi connectivity index (χ0n) is 10.8. The second kappa shape index (κ2) is 5.40. The molecule has 0 bridgehead atoms. The highest BCUT2D eigenvalue weighted by Crippen LogP contribution is 2.17. The average molecular weight is 285 g/mol. The molecule has 0 aliphatic carbocycles. The van der Waals surface area contributed by atoms with Gasteiger partial charge in [0.1, 0.15) is 6.04 Å². The highest BCUT2D eigenvalue weighted by Gasteiger charge is 2.18. The third-order valence-corrected chi connectivity index (χ3v) is 3.81. The van der Waals surface area contributed by atoms with Crippen LogP contribution in [0.2, 0.25) is 0 Å². The monoisotopic (exact) mass is 285 g/mol. The third-order valence-electron chi connectivity index (χ3n) is 2.57. The van der Waals surface area contributed by atoms with E-state index in [1.54, 1.807) is 6.92 Å². The van der Waals surface area contributed by atoms with Crippen molar-refractivity contribution < 1.29 is 23.1 Å². The van der Waals surface area contributed by atoms with E-state index in [1.165, 1.54) is 25.1 Å². The van der Waals surface area contributed by atoms with Gasteiger partial charge in [0.15, 0.2) is 9.84 Å². The third kappa shape index (κ3) is 3.78. The zero-order valence-corrected chi connectivity index (χ0v) is 11.6. The largest absolute Gasteiger partial charge is 0.480 e. The highest BCUT2D eigenvalue weighted by molar-refractivity contribution is 7.90. The molecule has 0 saturated carbocycles. The molecule has 1 aromatic carbocycles. The van der Waals surface area contributed by atoms with Gasteiger partial charge in [-0.2, -0.15) is 0 Å². The lowest BCUT2D eigenvalue weighted by Gasteiger charge is -2.11. The number of amides is 1. The molecule has 1 amide bonds. The molecule has 0 aliphatic rings. The number of carbonyl (C=O) groups excluding carboxylic acids is 1. The van der Waals surface area contributed by atoms with Crippen molar-refractivity contribution in [3.63, 3.8) is 0 Å². The topological polar surface area (TPSA) is 101 Å². The molecule has 19 heavy (non-hydrogen) atoms. The number of nitrogens with one attached hydrogen (secondary N) is 1. The van der Waals surface area contributed by atoms with Gasteiger partial charge in [0, 0.05) is 11.8 Å². The average Bonchev–Trinajstić information content (AvgIpc) is 2.27. The zero-order chi connectivity index (χ0) is 14.8. The van der Waals surface area contributed by atoms with Gasteiger partial charge in [-0.3, -0.25) is 9.59 Å². The number of carbonyl (C=O) groups is 2. The second-order valence-corrected chi connectivity index (χ2v) is 6.27. The summed E-state index contributed by atoms with van der Waals surface area (Å²) in [5.74, 6) is -1.79. The van der Waals surface area contributed by atoms with Crippen LogP contribution in [0.15, 0.2) is 23.1 Å². The molecule has 0 aliphatic heterocycles. The molecule has 0 saturated heterocycles. The first-order chi connectivity index (χ1) is 8.62. The smallest absolute Gasteiger partial charge is 0.325 e. The minimum absolute atomic E-state index is 0.0585. The lowest BCUT2D eigenvalue weighted by Crippen LogP contribution is -2.38. The molecular weight excluding hydrogens is 270 g/mol. The van der Waals surface area contributed by atoms with Gasteiger partial charge in [0.25, 0.3) is 5.91 Å². The molecule has 0 fully saturated rings. The van der Waals surface area contributed by atoms with Crippen molar-refractivity contribution in [3.8, 4) is 0 Å². The van der Waals surface area contributed by atoms with Crippen molar-refractivity contribution >= 4 is 21.7 Å². The predicted molar refractivity (Wildman–Crippen MR) is 68.9 cm³/mol. The van der Waals surface area contributed by atoms with Gasteiger partial charge in [-0.15, -0.1) is 0 Å². The Labute approximate surface area is 111 Å². The molecule has 1 unspecified atom stereocenters. The van der Waals surface area contributed by atoms with Gasteiger partial charge in [0.2, 0.25) is 0 Å². The summed E-state index contributed by atoms with van der Waals surface area (Å²) in [5.41, 5.74) is 0.643. The van der Waals surface area contributed by atoms with Crippen LogP contribution in [0, 0.1) is 6.92 Å². The Morgan fingerprint density at radius 1 is 1.32 bits per heavy atom. The maximum atomic E-state index is 11.8. The van der Waals surface area contributed by atoms with E-state index in [9.17, 15) is 18.0 Å². The molecule has 1 atom stereocenters. The number of carboxylic acid groups (broad SMARTS) is 1. The molecule has 6 nitrogen and oxygen atoms in total. The SMILES string of the molecule is Cc1ccc(C(=O)NC(C)C(=O)O)cc1S(C)(=O)=O. The number of hydrogen-bond donors (Lipinski definition) is 2. The fourth-order valence-electron chi connectivity index (χ4n) is 1.48. The second-order valence-electron chi connectivity index (χ2n) is 4.29. The van der Waals surface area contributed by atoms with Gasteiger partial charge >= 0.3 is 5.97 Å². The number of benzene rings is 1. The Bertz CT molecular complexity index is 621. The molecule has 104 valence electrons. The molecule has 0 spiro atoms. The van der Waals surface area contributed by atoms with Crippen LogP contribution in [0.4, 0.5) is 0 Å². The summed E-state index contributed by atoms with van der Waals surface area (Å²) < 4.78 is 23.1. The van der Waals surface area contributed by atoms with Crippen LogP contribution in [-0.4, -0.2) is 37.7 Å². The van der Waals surface area contributed by atoms with Gasteiger partial charge < -0.3 is 10.4 Å². The Morgan fingerprint density at radius 2 is 1.89 bits per heavy atom. The maximum absolute atomic E-state index is 11.8. The summed E-state index contributed by atoms with van der Waals surface area (Å²) in [4.78, 5) is 22.5. The predicted octanol–water partition coefficient (Wildman–Crippen LogP) is 0.601.